The summed E-state index contributed by atoms with van der Waals surface area (Å²) >= 11 is 0. The van der Waals surface area contributed by atoms with Crippen LogP contribution in [-0.2, 0) is 0 Å². The molecule has 6 nitrogen and oxygen atoms in total. The summed E-state index contributed by atoms with van der Waals surface area (Å²) in [6, 6.07) is 1.57. The number of alkyl halides is 2. The lowest BCUT2D eigenvalue weighted by Crippen LogP contribution is -2.34. The number of pyridine rings is 1. The molecule has 0 aliphatic heterocycles. The minimum atomic E-state index is -2.39. The first-order chi connectivity index (χ1) is 9.32. The molecule has 0 bridgehead atoms. The number of nitrogens with zero attached hydrogens (tertiary/aromatic N) is 4. The molecule has 1 rings (SSSR count). The Labute approximate surface area is 116 Å². The minimum absolute atomic E-state index is 0.0495. The van der Waals surface area contributed by atoms with Crippen LogP contribution in [0.1, 0.15) is 5.56 Å². The predicted molar refractivity (Wildman–Crippen MR) is 72.4 cm³/mol. The third-order valence-corrected chi connectivity index (χ3v) is 2.92. The van der Waals surface area contributed by atoms with Gasteiger partial charge in [0.25, 0.3) is 6.43 Å². The van der Waals surface area contributed by atoms with Crippen molar-refractivity contribution < 1.29 is 13.7 Å². The molecule has 20 heavy (non-hydrogen) atoms. The summed E-state index contributed by atoms with van der Waals surface area (Å²) in [7, 11) is 3.24. The summed E-state index contributed by atoms with van der Waals surface area (Å²) in [5, 5.41) is 11.1. The van der Waals surface area contributed by atoms with Gasteiger partial charge >= 0.3 is 5.69 Å². The second-order valence-electron chi connectivity index (χ2n) is 4.63. The smallest absolute Gasteiger partial charge is 0.314 e. The van der Waals surface area contributed by atoms with Crippen LogP contribution in [0.25, 0.3) is 0 Å². The van der Waals surface area contributed by atoms with E-state index in [0.29, 0.717) is 18.7 Å². The lowest BCUT2D eigenvalue weighted by atomic mass is 10.2. The van der Waals surface area contributed by atoms with Crippen molar-refractivity contribution in [3.05, 3.63) is 27.9 Å². The summed E-state index contributed by atoms with van der Waals surface area (Å²) in [5.74, 6) is 0.250. The molecule has 0 fully saturated rings. The number of hydrogen-bond acceptors (Lipinski definition) is 5. The van der Waals surface area contributed by atoms with Crippen molar-refractivity contribution in [2.75, 3.05) is 38.6 Å². The SMILES string of the molecule is Cc1ccnc(N(C)CCN(C)CC(F)F)c1[N+](=O)[O-]. The van der Waals surface area contributed by atoms with Crippen molar-refractivity contribution >= 4 is 11.5 Å². The van der Waals surface area contributed by atoms with Gasteiger partial charge in [0.15, 0.2) is 0 Å². The highest BCUT2D eigenvalue weighted by molar-refractivity contribution is 5.61. The zero-order chi connectivity index (χ0) is 15.3. The van der Waals surface area contributed by atoms with Gasteiger partial charge in [0, 0.05) is 31.9 Å². The average molecular weight is 288 g/mol. The van der Waals surface area contributed by atoms with Crippen molar-refractivity contribution in [2.24, 2.45) is 0 Å². The van der Waals surface area contributed by atoms with Gasteiger partial charge in [-0.3, -0.25) is 15.0 Å². The zero-order valence-electron chi connectivity index (χ0n) is 11.7. The largest absolute Gasteiger partial charge is 0.353 e. The Hall–Kier alpha value is -1.83. The Bertz CT molecular complexity index is 471. The first kappa shape index (κ1) is 16.2. The molecule has 0 unspecified atom stereocenters. The van der Waals surface area contributed by atoms with Crippen molar-refractivity contribution in [3.8, 4) is 0 Å². The Morgan fingerprint density at radius 2 is 2.05 bits per heavy atom. The maximum Gasteiger partial charge on any atom is 0.314 e. The van der Waals surface area contributed by atoms with Crippen LogP contribution >= 0.6 is 0 Å². The topological polar surface area (TPSA) is 62.5 Å². The summed E-state index contributed by atoms with van der Waals surface area (Å²) in [5.41, 5.74) is 0.472. The second kappa shape index (κ2) is 7.09. The van der Waals surface area contributed by atoms with E-state index in [1.807, 2.05) is 0 Å². The Morgan fingerprint density at radius 1 is 1.40 bits per heavy atom. The van der Waals surface area contributed by atoms with Crippen molar-refractivity contribution in [2.45, 2.75) is 13.3 Å². The molecular formula is C12H18F2N4O2. The molecule has 0 radical (unpaired) electrons. The first-order valence-corrected chi connectivity index (χ1v) is 6.10. The molecule has 0 aliphatic rings. The summed E-state index contributed by atoms with van der Waals surface area (Å²) < 4.78 is 24.4. The molecular weight excluding hydrogens is 270 g/mol. The number of aryl methyl sites for hydroxylation is 1. The molecule has 1 heterocycles. The van der Waals surface area contributed by atoms with Crippen LogP contribution in [-0.4, -0.2) is 55.0 Å². The van der Waals surface area contributed by atoms with Gasteiger partial charge in [0.1, 0.15) is 0 Å². The average Bonchev–Trinajstić information content (AvgIpc) is 2.34. The maximum atomic E-state index is 12.2. The molecule has 0 saturated carbocycles. The van der Waals surface area contributed by atoms with Crippen LogP contribution in [0, 0.1) is 17.0 Å². The molecule has 0 amide bonds. The van der Waals surface area contributed by atoms with E-state index in [2.05, 4.69) is 4.98 Å². The number of hydrogen-bond donors (Lipinski definition) is 0. The van der Waals surface area contributed by atoms with Gasteiger partial charge in [0.2, 0.25) is 5.82 Å². The maximum absolute atomic E-state index is 12.2. The summed E-state index contributed by atoms with van der Waals surface area (Å²) in [6.07, 6.45) is -0.895. The molecule has 0 atom stereocenters. The number of halogens is 2. The van der Waals surface area contributed by atoms with Gasteiger partial charge in [-0.25, -0.2) is 13.8 Å². The highest BCUT2D eigenvalue weighted by Crippen LogP contribution is 2.27. The first-order valence-electron chi connectivity index (χ1n) is 6.10. The molecule has 112 valence electrons. The van der Waals surface area contributed by atoms with Crippen LogP contribution in [0.4, 0.5) is 20.3 Å². The van der Waals surface area contributed by atoms with Gasteiger partial charge in [-0.2, -0.15) is 0 Å². The molecule has 0 aromatic carbocycles. The van der Waals surface area contributed by atoms with Gasteiger partial charge in [-0.15, -0.1) is 0 Å². The van der Waals surface area contributed by atoms with E-state index in [9.17, 15) is 18.9 Å². The summed E-state index contributed by atoms with van der Waals surface area (Å²) in [6.45, 7) is 2.06. The van der Waals surface area contributed by atoms with Crippen LogP contribution in [0.3, 0.4) is 0 Å². The van der Waals surface area contributed by atoms with Crippen LogP contribution in [0.15, 0.2) is 12.3 Å². The van der Waals surface area contributed by atoms with Gasteiger partial charge in [0.05, 0.1) is 11.5 Å². The molecule has 0 saturated heterocycles. The van der Waals surface area contributed by atoms with Gasteiger partial charge in [-0.1, -0.05) is 0 Å². The van der Waals surface area contributed by atoms with Crippen LogP contribution in [0.5, 0.6) is 0 Å². The molecule has 0 spiro atoms. The predicted octanol–water partition coefficient (Wildman–Crippen LogP) is 1.93. The van der Waals surface area contributed by atoms with Crippen molar-refractivity contribution in [1.82, 2.24) is 9.88 Å². The van der Waals surface area contributed by atoms with Crippen LogP contribution in [0.2, 0.25) is 0 Å². The van der Waals surface area contributed by atoms with E-state index in [0.717, 1.165) is 0 Å². The molecule has 8 heteroatoms. The second-order valence-corrected chi connectivity index (χ2v) is 4.63. The number of aromatic nitrogens is 1. The molecule has 0 aliphatic carbocycles. The lowest BCUT2D eigenvalue weighted by Gasteiger charge is -2.22. The molecule has 0 N–H and O–H groups in total. The Morgan fingerprint density at radius 3 is 2.60 bits per heavy atom. The quantitative estimate of drug-likeness (QED) is 0.566. The normalized spacial score (nSPS) is 11.2. The number of anilines is 1. The molecule has 1 aromatic rings. The van der Waals surface area contributed by atoms with Crippen LogP contribution < -0.4 is 4.90 Å². The molecule has 1 aromatic heterocycles. The van der Waals surface area contributed by atoms with E-state index in [-0.39, 0.29) is 18.1 Å². The van der Waals surface area contributed by atoms with E-state index in [1.54, 1.807) is 32.0 Å². The highest BCUT2D eigenvalue weighted by Gasteiger charge is 2.21. The van der Waals surface area contributed by atoms with E-state index in [1.165, 1.54) is 11.1 Å². The lowest BCUT2D eigenvalue weighted by molar-refractivity contribution is -0.384. The fourth-order valence-electron chi connectivity index (χ4n) is 1.79. The van der Waals surface area contributed by atoms with Gasteiger partial charge < -0.3 is 4.90 Å². The Kier molecular flexibility index (Phi) is 5.75. The standard InChI is InChI=1S/C12H18F2N4O2/c1-9-4-5-15-12(11(9)18(19)20)17(3)7-6-16(2)8-10(13)14/h4-5,10H,6-8H2,1-3H3. The highest BCUT2D eigenvalue weighted by atomic mass is 19.3. The van der Waals surface area contributed by atoms with Crippen molar-refractivity contribution in [1.29, 1.82) is 0 Å². The summed E-state index contributed by atoms with van der Waals surface area (Å²) in [4.78, 5) is 17.7. The van der Waals surface area contributed by atoms with E-state index >= 15 is 0 Å². The fraction of sp³-hybridized carbons (Fsp3) is 0.583. The monoisotopic (exact) mass is 288 g/mol. The number of likely N-dealkylation sites (N-methyl/N-ethyl adjacent to an activating group) is 2. The third-order valence-electron chi connectivity index (χ3n) is 2.92. The van der Waals surface area contributed by atoms with E-state index < -0.39 is 11.3 Å². The third kappa shape index (κ3) is 4.37. The number of rotatable bonds is 7. The zero-order valence-corrected chi connectivity index (χ0v) is 11.7. The van der Waals surface area contributed by atoms with E-state index in [4.69, 9.17) is 0 Å². The number of nitro groups is 1. The Balaban J connectivity index is 2.75. The van der Waals surface area contributed by atoms with Gasteiger partial charge in [-0.05, 0) is 20.0 Å². The van der Waals surface area contributed by atoms with Crippen molar-refractivity contribution in [3.63, 3.8) is 0 Å². The fourth-order valence-corrected chi connectivity index (χ4v) is 1.79. The minimum Gasteiger partial charge on any atom is -0.353 e.